The number of benzene rings is 4. The van der Waals surface area contributed by atoms with E-state index in [0.29, 0.717) is 0 Å². The first-order chi connectivity index (χ1) is 15.3. The van der Waals surface area contributed by atoms with Gasteiger partial charge in [-0.15, -0.1) is 0 Å². The van der Waals surface area contributed by atoms with E-state index < -0.39 is 0 Å². The summed E-state index contributed by atoms with van der Waals surface area (Å²) in [7, 11) is 0. The fraction of sp³-hybridized carbons (Fsp3) is 0.0370. The molecule has 0 radical (unpaired) electrons. The number of aromatic nitrogens is 1. The zero-order valence-corrected chi connectivity index (χ0v) is 17.7. The van der Waals surface area contributed by atoms with Crippen molar-refractivity contribution in [2.24, 2.45) is 0 Å². The smallest absolute Gasteiger partial charge is 0.249 e. The van der Waals surface area contributed by atoms with Crippen molar-refractivity contribution < 1.29 is 4.42 Å². The van der Waals surface area contributed by atoms with Gasteiger partial charge in [-0.2, -0.15) is 0 Å². The maximum Gasteiger partial charge on any atom is 0.249 e. The molecular formula is C27H16BNOS. The largest absolute Gasteiger partial charge is 0.454 e. The first-order valence-electron chi connectivity index (χ1n) is 10.7. The molecule has 0 aliphatic carbocycles. The van der Waals surface area contributed by atoms with Crippen LogP contribution in [-0.2, 0) is 0 Å². The Bertz CT molecular complexity index is 1740. The van der Waals surface area contributed by atoms with Crippen LogP contribution >= 0.6 is 11.8 Å². The van der Waals surface area contributed by atoms with Gasteiger partial charge in [-0.3, -0.25) is 0 Å². The minimum Gasteiger partial charge on any atom is -0.454 e. The van der Waals surface area contributed by atoms with E-state index in [1.807, 2.05) is 17.8 Å². The van der Waals surface area contributed by atoms with Gasteiger partial charge in [0.1, 0.15) is 11.1 Å². The lowest BCUT2D eigenvalue weighted by molar-refractivity contribution is 0.673. The highest BCUT2D eigenvalue weighted by Crippen LogP contribution is 2.42. The van der Waals surface area contributed by atoms with Crippen molar-refractivity contribution in [3.8, 4) is 5.69 Å². The molecule has 31 heavy (non-hydrogen) atoms. The molecule has 2 aliphatic rings. The zero-order valence-electron chi connectivity index (χ0n) is 16.8. The van der Waals surface area contributed by atoms with E-state index in [-0.39, 0.29) is 6.71 Å². The lowest BCUT2D eigenvalue weighted by Crippen LogP contribution is -2.58. The van der Waals surface area contributed by atoms with Gasteiger partial charge in [0, 0.05) is 26.3 Å². The Hall–Kier alpha value is -3.37. The Morgan fingerprint density at radius 1 is 0.774 bits per heavy atom. The van der Waals surface area contributed by atoms with Gasteiger partial charge in [-0.1, -0.05) is 59.7 Å². The molecule has 2 aliphatic heterocycles. The van der Waals surface area contributed by atoms with Crippen LogP contribution in [0.2, 0.25) is 0 Å². The van der Waals surface area contributed by atoms with E-state index in [1.54, 1.807) is 0 Å². The molecule has 0 unspecified atom stereocenters. The summed E-state index contributed by atoms with van der Waals surface area (Å²) in [6.07, 6.45) is 0. The Kier molecular flexibility index (Phi) is 2.88. The van der Waals surface area contributed by atoms with Gasteiger partial charge in [0.25, 0.3) is 0 Å². The fourth-order valence-corrected chi connectivity index (χ4v) is 7.00. The number of fused-ring (bicyclic) bond motifs is 9. The predicted molar refractivity (Wildman–Crippen MR) is 131 cm³/mol. The molecule has 2 aromatic heterocycles. The second-order valence-corrected chi connectivity index (χ2v) is 9.71. The lowest BCUT2D eigenvalue weighted by Gasteiger charge is -2.33. The molecule has 0 amide bonds. The average Bonchev–Trinajstić information content (AvgIpc) is 3.32. The predicted octanol–water partition coefficient (Wildman–Crippen LogP) is 5.13. The quantitative estimate of drug-likeness (QED) is 0.321. The van der Waals surface area contributed by atoms with Gasteiger partial charge >= 0.3 is 0 Å². The second-order valence-electron chi connectivity index (χ2n) is 8.62. The van der Waals surface area contributed by atoms with Crippen LogP contribution in [0.15, 0.2) is 93.1 Å². The Morgan fingerprint density at radius 2 is 1.58 bits per heavy atom. The van der Waals surface area contributed by atoms with Crippen LogP contribution in [-0.4, -0.2) is 11.3 Å². The third kappa shape index (κ3) is 1.88. The number of aryl methyl sites for hydroxylation is 1. The summed E-state index contributed by atoms with van der Waals surface area (Å²) < 4.78 is 8.91. The highest BCUT2D eigenvalue weighted by Gasteiger charge is 2.40. The number of rotatable bonds is 0. The maximum atomic E-state index is 6.43. The van der Waals surface area contributed by atoms with E-state index in [4.69, 9.17) is 4.42 Å². The topological polar surface area (TPSA) is 18.1 Å². The molecule has 0 saturated carbocycles. The minimum atomic E-state index is 0.254. The second kappa shape index (κ2) is 5.46. The molecule has 0 N–H and O–H groups in total. The molecular weight excluding hydrogens is 397 g/mol. The highest BCUT2D eigenvalue weighted by atomic mass is 32.2. The van der Waals surface area contributed by atoms with Crippen molar-refractivity contribution in [3.63, 3.8) is 0 Å². The molecule has 0 saturated heterocycles. The van der Waals surface area contributed by atoms with Crippen molar-refractivity contribution in [2.75, 3.05) is 0 Å². The lowest BCUT2D eigenvalue weighted by atomic mass is 9.35. The van der Waals surface area contributed by atoms with Gasteiger partial charge < -0.3 is 8.98 Å². The summed E-state index contributed by atoms with van der Waals surface area (Å²) in [5.74, 6) is 0. The van der Waals surface area contributed by atoms with Crippen molar-refractivity contribution in [1.82, 2.24) is 4.57 Å². The van der Waals surface area contributed by atoms with Gasteiger partial charge in [0.05, 0.1) is 5.52 Å². The standard InChI is InChI=1S/C27H16BNOS/c1-15-13-20-24-23(14-15)31-22-12-5-3-9-18(22)28(24)19-10-6-8-17-25(19)29(20)26-16-7-2-4-11-21(16)30-27(17)26/h2-14H,1H3. The fourth-order valence-electron chi connectivity index (χ4n) is 5.73. The number of para-hydroxylation sites is 2. The Morgan fingerprint density at radius 3 is 2.55 bits per heavy atom. The third-order valence-corrected chi connectivity index (χ3v) is 8.03. The van der Waals surface area contributed by atoms with Crippen molar-refractivity contribution in [2.45, 2.75) is 16.7 Å². The van der Waals surface area contributed by atoms with E-state index >= 15 is 0 Å². The number of furan rings is 1. The number of hydrogen-bond acceptors (Lipinski definition) is 2. The van der Waals surface area contributed by atoms with Crippen LogP contribution in [0.1, 0.15) is 5.56 Å². The molecule has 4 heteroatoms. The Labute approximate surface area is 183 Å². The zero-order chi connectivity index (χ0) is 20.3. The molecule has 4 heterocycles. The van der Waals surface area contributed by atoms with Crippen LogP contribution in [0, 0.1) is 6.92 Å². The molecule has 6 aromatic rings. The summed E-state index contributed by atoms with van der Waals surface area (Å²) >= 11 is 1.90. The van der Waals surface area contributed by atoms with E-state index in [0.717, 1.165) is 11.2 Å². The number of nitrogens with zero attached hydrogens (tertiary/aromatic N) is 1. The summed E-state index contributed by atoms with van der Waals surface area (Å²) in [5.41, 5.74) is 11.2. The normalized spacial score (nSPS) is 13.8. The van der Waals surface area contributed by atoms with Gasteiger partial charge in [-0.05, 0) is 59.8 Å². The van der Waals surface area contributed by atoms with Crippen LogP contribution in [0.5, 0.6) is 0 Å². The van der Waals surface area contributed by atoms with Crippen molar-refractivity contribution >= 4 is 67.8 Å². The van der Waals surface area contributed by atoms with Crippen molar-refractivity contribution in [1.29, 1.82) is 0 Å². The van der Waals surface area contributed by atoms with Gasteiger partial charge in [0.2, 0.25) is 6.71 Å². The van der Waals surface area contributed by atoms with Crippen LogP contribution in [0.25, 0.3) is 38.7 Å². The third-order valence-electron chi connectivity index (χ3n) is 6.88. The summed E-state index contributed by atoms with van der Waals surface area (Å²) in [6.45, 7) is 2.46. The molecule has 144 valence electrons. The summed E-state index contributed by atoms with van der Waals surface area (Å²) in [5, 5.41) is 2.38. The van der Waals surface area contributed by atoms with E-state index in [9.17, 15) is 0 Å². The van der Waals surface area contributed by atoms with Crippen molar-refractivity contribution in [3.05, 3.63) is 84.4 Å². The highest BCUT2D eigenvalue weighted by molar-refractivity contribution is 8.00. The minimum absolute atomic E-state index is 0.254. The first kappa shape index (κ1) is 16.3. The summed E-state index contributed by atoms with van der Waals surface area (Å²) in [6, 6.07) is 28.7. The maximum absolute atomic E-state index is 6.43. The number of hydrogen-bond donors (Lipinski definition) is 0. The van der Waals surface area contributed by atoms with E-state index in [2.05, 4.69) is 84.3 Å². The molecule has 0 spiro atoms. The average molecular weight is 413 g/mol. The van der Waals surface area contributed by atoms with Gasteiger partial charge in [0.15, 0.2) is 5.58 Å². The van der Waals surface area contributed by atoms with Crippen LogP contribution < -0.4 is 16.4 Å². The van der Waals surface area contributed by atoms with Crippen LogP contribution in [0.4, 0.5) is 0 Å². The molecule has 0 fully saturated rings. The molecule has 0 atom stereocenters. The molecule has 0 bridgehead atoms. The molecule has 2 nitrogen and oxygen atoms in total. The molecule has 8 rings (SSSR count). The van der Waals surface area contributed by atoms with E-state index in [1.165, 1.54) is 59.2 Å². The molecule has 4 aromatic carbocycles. The van der Waals surface area contributed by atoms with Crippen LogP contribution in [0.3, 0.4) is 0 Å². The monoisotopic (exact) mass is 413 g/mol. The van der Waals surface area contributed by atoms with Gasteiger partial charge in [-0.25, -0.2) is 0 Å². The Balaban J connectivity index is 1.66. The SMILES string of the molecule is Cc1cc2c3c(c1)-n1c4c(cccc4c4oc5ccccc5c41)B3c1ccccc1S2. The first-order valence-corrected chi connectivity index (χ1v) is 11.5. The summed E-state index contributed by atoms with van der Waals surface area (Å²) in [4.78, 5) is 2.73.